The van der Waals surface area contributed by atoms with Crippen molar-refractivity contribution in [3.63, 3.8) is 0 Å². The molecule has 0 spiro atoms. The first-order chi connectivity index (χ1) is 11.6. The molecule has 0 saturated carbocycles. The van der Waals surface area contributed by atoms with Gasteiger partial charge in [-0.3, -0.25) is 14.8 Å². The maximum absolute atomic E-state index is 12.1. The van der Waals surface area contributed by atoms with Gasteiger partial charge in [0.05, 0.1) is 0 Å². The van der Waals surface area contributed by atoms with Gasteiger partial charge in [-0.1, -0.05) is 36.4 Å². The highest BCUT2D eigenvalue weighted by atomic mass is 16.5. The van der Waals surface area contributed by atoms with Crippen LogP contribution in [-0.2, 0) is 11.3 Å². The molecule has 0 radical (unpaired) electrons. The van der Waals surface area contributed by atoms with Crippen molar-refractivity contribution in [1.29, 1.82) is 0 Å². The molecule has 24 heavy (non-hydrogen) atoms. The molecule has 0 aromatic heterocycles. The molecule has 2 aromatic rings. The molecule has 0 aliphatic carbocycles. The fourth-order valence-corrected chi connectivity index (χ4v) is 2.20. The van der Waals surface area contributed by atoms with Crippen molar-refractivity contribution in [1.82, 2.24) is 10.8 Å². The van der Waals surface area contributed by atoms with Crippen LogP contribution in [0.25, 0.3) is 11.1 Å². The third kappa shape index (κ3) is 4.17. The van der Waals surface area contributed by atoms with Crippen LogP contribution in [0.5, 0.6) is 0 Å². The normalized spacial score (nSPS) is 11.6. The third-order valence-corrected chi connectivity index (χ3v) is 3.64. The maximum atomic E-state index is 12.1. The van der Waals surface area contributed by atoms with Crippen molar-refractivity contribution in [3.8, 4) is 11.1 Å². The summed E-state index contributed by atoms with van der Waals surface area (Å²) in [6.45, 7) is 0.368. The summed E-state index contributed by atoms with van der Waals surface area (Å²) in [5.74, 6) is -1.21. The van der Waals surface area contributed by atoms with Gasteiger partial charge in [0.1, 0.15) is 6.04 Å². The Morgan fingerprint density at radius 1 is 0.958 bits per heavy atom. The van der Waals surface area contributed by atoms with Gasteiger partial charge in [-0.15, -0.1) is 0 Å². The lowest BCUT2D eigenvalue weighted by Gasteiger charge is -2.14. The van der Waals surface area contributed by atoms with E-state index in [1.165, 1.54) is 5.48 Å². The Labute approximate surface area is 139 Å². The lowest BCUT2D eigenvalue weighted by molar-refractivity contribution is -0.130. The summed E-state index contributed by atoms with van der Waals surface area (Å²) in [5.41, 5.74) is 15.9. The predicted octanol–water partition coefficient (Wildman–Crippen LogP) is 0.375. The molecule has 0 aliphatic heterocycles. The second-order valence-electron chi connectivity index (χ2n) is 5.22. The molecule has 126 valence electrons. The van der Waals surface area contributed by atoms with E-state index < -0.39 is 17.9 Å². The van der Waals surface area contributed by atoms with Gasteiger partial charge in [0, 0.05) is 18.7 Å². The fourth-order valence-electron chi connectivity index (χ4n) is 2.20. The molecule has 0 saturated heterocycles. The number of nitrogens with two attached hydrogens (primary N) is 2. The first kappa shape index (κ1) is 17.6. The molecule has 7 heteroatoms. The first-order valence-corrected chi connectivity index (χ1v) is 7.43. The summed E-state index contributed by atoms with van der Waals surface area (Å²) in [7, 11) is 0. The maximum Gasteiger partial charge on any atom is 0.267 e. The molecular weight excluding hydrogens is 308 g/mol. The average Bonchev–Trinajstić information content (AvgIpc) is 2.65. The Morgan fingerprint density at radius 2 is 1.50 bits per heavy atom. The minimum absolute atomic E-state index is 0.121. The molecule has 0 aliphatic rings. The molecule has 0 fully saturated rings. The van der Waals surface area contributed by atoms with Crippen LogP contribution in [0.2, 0.25) is 0 Å². The second kappa shape index (κ2) is 8.21. The largest absolute Gasteiger partial charge is 0.339 e. The highest BCUT2D eigenvalue weighted by Gasteiger charge is 2.19. The average molecular weight is 328 g/mol. The smallest absolute Gasteiger partial charge is 0.267 e. The number of nitrogens with one attached hydrogen (secondary N) is 2. The highest BCUT2D eigenvalue weighted by Crippen LogP contribution is 2.20. The van der Waals surface area contributed by atoms with Crippen LogP contribution in [0.3, 0.4) is 0 Å². The number of hydrogen-bond acceptors (Lipinski definition) is 5. The van der Waals surface area contributed by atoms with Crippen molar-refractivity contribution < 1.29 is 14.8 Å². The van der Waals surface area contributed by atoms with Crippen LogP contribution in [-0.4, -0.2) is 29.6 Å². The fraction of sp³-hybridized carbons (Fsp3) is 0.176. The van der Waals surface area contributed by atoms with Crippen molar-refractivity contribution in [2.24, 2.45) is 11.5 Å². The molecule has 7 nitrogen and oxygen atoms in total. The summed E-state index contributed by atoms with van der Waals surface area (Å²) in [4.78, 5) is 23.5. The van der Waals surface area contributed by atoms with Crippen LogP contribution in [0.4, 0.5) is 0 Å². The zero-order valence-corrected chi connectivity index (χ0v) is 13.0. The van der Waals surface area contributed by atoms with E-state index in [2.05, 4.69) is 5.32 Å². The van der Waals surface area contributed by atoms with Gasteiger partial charge in [-0.25, -0.2) is 5.48 Å². The van der Waals surface area contributed by atoms with Crippen LogP contribution in [0.15, 0.2) is 48.5 Å². The third-order valence-electron chi connectivity index (χ3n) is 3.64. The molecule has 2 aromatic carbocycles. The van der Waals surface area contributed by atoms with E-state index in [9.17, 15) is 9.59 Å². The zero-order valence-electron chi connectivity index (χ0n) is 13.0. The highest BCUT2D eigenvalue weighted by molar-refractivity contribution is 5.97. The van der Waals surface area contributed by atoms with E-state index in [1.54, 1.807) is 12.1 Å². The zero-order chi connectivity index (χ0) is 17.5. The van der Waals surface area contributed by atoms with E-state index in [4.69, 9.17) is 16.7 Å². The molecule has 0 unspecified atom stereocenters. The van der Waals surface area contributed by atoms with Crippen LogP contribution < -0.4 is 22.3 Å². The Kier molecular flexibility index (Phi) is 6.02. The van der Waals surface area contributed by atoms with E-state index in [0.717, 1.165) is 16.7 Å². The molecule has 2 amide bonds. The number of hydroxylamine groups is 1. The topological polar surface area (TPSA) is 130 Å². The van der Waals surface area contributed by atoms with Gasteiger partial charge in [0.25, 0.3) is 11.8 Å². The number of carbonyl (C=O) groups excluding carboxylic acids is 2. The summed E-state index contributed by atoms with van der Waals surface area (Å²) in [6.07, 6.45) is 0. The minimum Gasteiger partial charge on any atom is -0.339 e. The summed E-state index contributed by atoms with van der Waals surface area (Å²) in [5, 5.41) is 11.1. The summed E-state index contributed by atoms with van der Waals surface area (Å²) >= 11 is 0. The molecule has 0 heterocycles. The Morgan fingerprint density at radius 3 is 1.96 bits per heavy atom. The van der Waals surface area contributed by atoms with Crippen molar-refractivity contribution in [2.75, 3.05) is 6.54 Å². The van der Waals surface area contributed by atoms with Crippen molar-refractivity contribution >= 4 is 11.8 Å². The van der Waals surface area contributed by atoms with Crippen LogP contribution >= 0.6 is 0 Å². The molecule has 0 bridgehead atoms. The van der Waals surface area contributed by atoms with Gasteiger partial charge in [-0.2, -0.15) is 0 Å². The first-order valence-electron chi connectivity index (χ1n) is 7.43. The molecule has 7 N–H and O–H groups in total. The Bertz CT molecular complexity index is 699. The number of rotatable bonds is 6. The minimum atomic E-state index is -0.994. The van der Waals surface area contributed by atoms with E-state index in [0.29, 0.717) is 12.1 Å². The predicted molar refractivity (Wildman–Crippen MR) is 90.0 cm³/mol. The molecule has 1 atom stereocenters. The quantitative estimate of drug-likeness (QED) is 0.386. The van der Waals surface area contributed by atoms with E-state index in [1.807, 2.05) is 36.4 Å². The van der Waals surface area contributed by atoms with Gasteiger partial charge in [0.15, 0.2) is 0 Å². The van der Waals surface area contributed by atoms with Gasteiger partial charge < -0.3 is 16.8 Å². The van der Waals surface area contributed by atoms with Crippen molar-refractivity contribution in [2.45, 2.75) is 12.6 Å². The number of benzene rings is 2. The second-order valence-corrected chi connectivity index (χ2v) is 5.22. The Hall–Kier alpha value is -2.74. The number of amides is 2. The lowest BCUT2D eigenvalue weighted by atomic mass is 10.0. The SMILES string of the molecule is NCc1ccc(-c2ccc(C(=O)N[C@@H](CN)C(=O)NO)cc2)cc1. The van der Waals surface area contributed by atoms with Gasteiger partial charge in [0.2, 0.25) is 0 Å². The van der Waals surface area contributed by atoms with Crippen LogP contribution in [0.1, 0.15) is 15.9 Å². The number of hydrogen-bond donors (Lipinski definition) is 5. The van der Waals surface area contributed by atoms with Gasteiger partial charge in [-0.05, 0) is 28.8 Å². The standard InChI is InChI=1S/C17H20N4O3/c18-9-11-1-3-12(4-2-11)13-5-7-14(8-6-13)16(22)20-15(10-19)17(23)21-24/h1-8,15,24H,9-10,18-19H2,(H,20,22)(H,21,23)/t15-/m0/s1. The van der Waals surface area contributed by atoms with E-state index in [-0.39, 0.29) is 6.54 Å². The summed E-state index contributed by atoms with van der Waals surface area (Å²) < 4.78 is 0. The van der Waals surface area contributed by atoms with Gasteiger partial charge >= 0.3 is 0 Å². The monoisotopic (exact) mass is 328 g/mol. The molecular formula is C17H20N4O3. The number of carbonyl (C=O) groups is 2. The molecule has 2 rings (SSSR count). The lowest BCUT2D eigenvalue weighted by Crippen LogP contribution is -2.50. The van der Waals surface area contributed by atoms with E-state index >= 15 is 0 Å². The Balaban J connectivity index is 2.10. The summed E-state index contributed by atoms with van der Waals surface area (Å²) in [6, 6.07) is 13.8. The van der Waals surface area contributed by atoms with Crippen molar-refractivity contribution in [3.05, 3.63) is 59.7 Å². The van der Waals surface area contributed by atoms with Crippen LogP contribution in [0, 0.1) is 0 Å².